The van der Waals surface area contributed by atoms with E-state index in [2.05, 4.69) is 10.5 Å². The molecule has 170 valence electrons. The van der Waals surface area contributed by atoms with Crippen LogP contribution in [0.25, 0.3) is 11.3 Å². The maximum absolute atomic E-state index is 12.0. The Morgan fingerprint density at radius 2 is 1.97 bits per heavy atom. The summed E-state index contributed by atoms with van der Waals surface area (Å²) in [6.07, 6.45) is 1.38. The molecule has 1 fully saturated rings. The molecule has 0 saturated carbocycles. The molecule has 10 heteroatoms. The third kappa shape index (κ3) is 5.96. The average molecular weight is 484 g/mol. The lowest BCUT2D eigenvalue weighted by atomic mass is 10.1. The van der Waals surface area contributed by atoms with Gasteiger partial charge in [-0.05, 0) is 48.4 Å². The van der Waals surface area contributed by atoms with Gasteiger partial charge in [0.15, 0.2) is 6.61 Å². The number of rotatable bonds is 8. The molecule has 0 bridgehead atoms. The van der Waals surface area contributed by atoms with Crippen molar-refractivity contribution in [2.75, 3.05) is 18.1 Å². The SMILES string of the molecule is Cc1cc([N+](=O)[O-])ccc1-c1ccc(/C=N/NC(=O)COc2ccc(C3SCCS3)cc2)o1. The number of hydrogen-bond acceptors (Lipinski definition) is 8. The Morgan fingerprint density at radius 3 is 2.67 bits per heavy atom. The first-order valence-electron chi connectivity index (χ1n) is 10.1. The molecule has 33 heavy (non-hydrogen) atoms. The fourth-order valence-corrected chi connectivity index (χ4v) is 6.09. The summed E-state index contributed by atoms with van der Waals surface area (Å²) in [7, 11) is 0. The topological polar surface area (TPSA) is 107 Å². The first-order valence-corrected chi connectivity index (χ1v) is 12.2. The van der Waals surface area contributed by atoms with Gasteiger partial charge >= 0.3 is 0 Å². The summed E-state index contributed by atoms with van der Waals surface area (Å²) in [4.78, 5) is 22.4. The van der Waals surface area contributed by atoms with Crippen LogP contribution in [-0.4, -0.2) is 35.2 Å². The van der Waals surface area contributed by atoms with Gasteiger partial charge in [-0.1, -0.05) is 12.1 Å². The molecule has 1 aliphatic heterocycles. The number of non-ortho nitro benzene ring substituents is 1. The van der Waals surface area contributed by atoms with Crippen LogP contribution < -0.4 is 10.2 Å². The van der Waals surface area contributed by atoms with Crippen LogP contribution in [0, 0.1) is 17.0 Å². The number of nitrogens with one attached hydrogen (secondary N) is 1. The molecular weight excluding hydrogens is 462 g/mol. The van der Waals surface area contributed by atoms with Gasteiger partial charge in [-0.2, -0.15) is 5.10 Å². The van der Waals surface area contributed by atoms with Crippen molar-refractivity contribution in [3.05, 3.63) is 81.6 Å². The minimum absolute atomic E-state index is 0.0253. The number of amides is 1. The molecular formula is C23H21N3O5S2. The normalized spacial score (nSPS) is 14.0. The second kappa shape index (κ2) is 10.6. The number of thioether (sulfide) groups is 2. The summed E-state index contributed by atoms with van der Waals surface area (Å²) in [5, 5.41) is 14.8. The Morgan fingerprint density at radius 1 is 1.21 bits per heavy atom. The molecule has 8 nitrogen and oxygen atoms in total. The second-order valence-electron chi connectivity index (χ2n) is 7.18. The number of nitrogens with zero attached hydrogens (tertiary/aromatic N) is 2. The Kier molecular flexibility index (Phi) is 7.36. The number of nitro groups is 1. The molecule has 1 amide bonds. The van der Waals surface area contributed by atoms with Crippen molar-refractivity contribution in [3.63, 3.8) is 0 Å². The van der Waals surface area contributed by atoms with E-state index in [1.807, 2.05) is 47.8 Å². The monoisotopic (exact) mass is 483 g/mol. The third-order valence-corrected chi connectivity index (χ3v) is 7.94. The number of furan rings is 1. The molecule has 0 atom stereocenters. The predicted molar refractivity (Wildman–Crippen MR) is 131 cm³/mol. The highest BCUT2D eigenvalue weighted by atomic mass is 32.2. The zero-order valence-electron chi connectivity index (χ0n) is 17.7. The molecule has 0 aliphatic carbocycles. The van der Waals surface area contributed by atoms with Crippen molar-refractivity contribution >= 4 is 41.3 Å². The summed E-state index contributed by atoms with van der Waals surface area (Å²) in [6.45, 7) is 1.62. The van der Waals surface area contributed by atoms with Gasteiger partial charge in [0.05, 0.1) is 15.7 Å². The van der Waals surface area contributed by atoms with Gasteiger partial charge in [-0.15, -0.1) is 23.5 Å². The van der Waals surface area contributed by atoms with E-state index in [1.54, 1.807) is 25.1 Å². The van der Waals surface area contributed by atoms with Crippen molar-refractivity contribution < 1.29 is 18.9 Å². The van der Waals surface area contributed by atoms with Crippen LogP contribution in [0.4, 0.5) is 5.69 Å². The third-order valence-electron chi connectivity index (χ3n) is 4.84. The standard InChI is InChI=1S/C23H21N3O5S2/c1-15-12-17(26(28)29)4-8-20(15)21-9-7-19(31-21)13-24-25-22(27)14-30-18-5-2-16(3-6-18)23-32-10-11-33-23/h2-9,12-13,23H,10-11,14H2,1H3,(H,25,27)/b24-13+. The fourth-order valence-electron chi connectivity index (χ4n) is 3.23. The van der Waals surface area contributed by atoms with Crippen LogP contribution in [0.2, 0.25) is 0 Å². The van der Waals surface area contributed by atoms with Crippen LogP contribution in [0.3, 0.4) is 0 Å². The highest BCUT2D eigenvalue weighted by molar-refractivity contribution is 8.19. The van der Waals surface area contributed by atoms with Crippen LogP contribution in [0.15, 0.2) is 64.1 Å². The first-order chi connectivity index (χ1) is 16.0. The molecule has 3 aromatic rings. The lowest BCUT2D eigenvalue weighted by molar-refractivity contribution is -0.384. The summed E-state index contributed by atoms with van der Waals surface area (Å²) in [5.74, 6) is 3.56. The molecule has 0 radical (unpaired) electrons. The Labute approximate surface area is 198 Å². The average Bonchev–Trinajstić information content (AvgIpc) is 3.51. The van der Waals surface area contributed by atoms with Crippen molar-refractivity contribution in [2.24, 2.45) is 5.10 Å². The van der Waals surface area contributed by atoms with Gasteiger partial charge in [0.2, 0.25) is 0 Å². The smallest absolute Gasteiger partial charge is 0.277 e. The summed E-state index contributed by atoms with van der Waals surface area (Å²) in [5.41, 5.74) is 5.15. The quantitative estimate of drug-likeness (QED) is 0.267. The molecule has 0 spiro atoms. The van der Waals surface area contributed by atoms with E-state index >= 15 is 0 Å². The molecule has 2 heterocycles. The Bertz CT molecular complexity index is 1170. The fraction of sp³-hybridized carbons (Fsp3) is 0.217. The zero-order valence-corrected chi connectivity index (χ0v) is 19.4. The Hall–Kier alpha value is -3.24. The van der Waals surface area contributed by atoms with Crippen LogP contribution in [0.5, 0.6) is 5.75 Å². The molecule has 2 aromatic carbocycles. The van der Waals surface area contributed by atoms with E-state index in [0.717, 1.165) is 11.1 Å². The van der Waals surface area contributed by atoms with Gasteiger partial charge < -0.3 is 9.15 Å². The van der Waals surface area contributed by atoms with Gasteiger partial charge in [-0.3, -0.25) is 14.9 Å². The van der Waals surface area contributed by atoms with Crippen LogP contribution in [0.1, 0.15) is 21.5 Å². The molecule has 4 rings (SSSR count). The summed E-state index contributed by atoms with van der Waals surface area (Å²) >= 11 is 3.88. The van der Waals surface area contributed by atoms with E-state index < -0.39 is 10.8 Å². The lowest BCUT2D eigenvalue weighted by Crippen LogP contribution is -2.24. The van der Waals surface area contributed by atoms with Crippen molar-refractivity contribution in [1.29, 1.82) is 0 Å². The number of nitro benzene ring substituents is 1. The molecule has 1 aliphatic rings. The maximum atomic E-state index is 12.0. The van der Waals surface area contributed by atoms with E-state index in [4.69, 9.17) is 9.15 Å². The number of carbonyl (C=O) groups is 1. The second-order valence-corrected chi connectivity index (χ2v) is 9.91. The van der Waals surface area contributed by atoms with Crippen molar-refractivity contribution in [2.45, 2.75) is 11.5 Å². The van der Waals surface area contributed by atoms with Crippen LogP contribution in [-0.2, 0) is 4.79 Å². The summed E-state index contributed by atoms with van der Waals surface area (Å²) < 4.78 is 11.7. The zero-order chi connectivity index (χ0) is 23.2. The molecule has 1 saturated heterocycles. The molecule has 0 unspecified atom stereocenters. The van der Waals surface area contributed by atoms with Gasteiger partial charge in [-0.25, -0.2) is 5.43 Å². The largest absolute Gasteiger partial charge is 0.484 e. The summed E-state index contributed by atoms with van der Waals surface area (Å²) in [6, 6.07) is 15.8. The molecule has 1 aromatic heterocycles. The first kappa shape index (κ1) is 22.9. The van der Waals surface area contributed by atoms with E-state index in [0.29, 0.717) is 21.9 Å². The predicted octanol–water partition coefficient (Wildman–Crippen LogP) is 5.17. The lowest BCUT2D eigenvalue weighted by Gasteiger charge is -2.09. The Balaban J connectivity index is 1.27. The highest BCUT2D eigenvalue weighted by Crippen LogP contribution is 2.45. The minimum atomic E-state index is -0.437. The van der Waals surface area contributed by atoms with Gasteiger partial charge in [0, 0.05) is 29.2 Å². The van der Waals surface area contributed by atoms with E-state index in [-0.39, 0.29) is 12.3 Å². The van der Waals surface area contributed by atoms with Crippen molar-refractivity contribution in [1.82, 2.24) is 5.43 Å². The van der Waals surface area contributed by atoms with Gasteiger partial charge in [0.25, 0.3) is 11.6 Å². The van der Waals surface area contributed by atoms with E-state index in [1.165, 1.54) is 35.4 Å². The molecule has 1 N–H and O–H groups in total. The number of carbonyl (C=O) groups excluding carboxylic acids is 1. The number of aryl methyl sites for hydroxylation is 1. The maximum Gasteiger partial charge on any atom is 0.277 e. The van der Waals surface area contributed by atoms with Crippen LogP contribution >= 0.6 is 23.5 Å². The highest BCUT2D eigenvalue weighted by Gasteiger charge is 2.18. The number of hydrazone groups is 1. The van der Waals surface area contributed by atoms with Crippen molar-refractivity contribution in [3.8, 4) is 17.1 Å². The number of benzene rings is 2. The minimum Gasteiger partial charge on any atom is -0.484 e. The van der Waals surface area contributed by atoms with E-state index in [9.17, 15) is 14.9 Å². The number of ether oxygens (including phenoxy) is 1. The van der Waals surface area contributed by atoms with Gasteiger partial charge in [0.1, 0.15) is 17.3 Å². The number of hydrogen-bond donors (Lipinski definition) is 1.